The number of nitrogens with zero attached hydrogens (tertiary/aromatic N) is 1. The third-order valence-electron chi connectivity index (χ3n) is 4.29. The van der Waals surface area contributed by atoms with Gasteiger partial charge in [-0.05, 0) is 31.1 Å². The highest BCUT2D eigenvalue weighted by Crippen LogP contribution is 2.48. The van der Waals surface area contributed by atoms with Gasteiger partial charge in [0.2, 0.25) is 5.89 Å². The van der Waals surface area contributed by atoms with Crippen molar-refractivity contribution in [3.8, 4) is 0 Å². The quantitative estimate of drug-likeness (QED) is 0.869. The Kier molecular flexibility index (Phi) is 2.74. The zero-order chi connectivity index (χ0) is 11.9. The molecule has 2 fully saturated rings. The molecular weight excluding hydrogens is 212 g/mol. The van der Waals surface area contributed by atoms with Crippen molar-refractivity contribution in [3.63, 3.8) is 0 Å². The molecule has 2 saturated carbocycles. The van der Waals surface area contributed by atoms with Gasteiger partial charge in [-0.3, -0.25) is 0 Å². The fraction of sp³-hybridized carbons (Fsp3) is 0.786. The van der Waals surface area contributed by atoms with Gasteiger partial charge in [-0.1, -0.05) is 20.3 Å². The summed E-state index contributed by atoms with van der Waals surface area (Å²) in [6, 6.07) is 0.716. The summed E-state index contributed by atoms with van der Waals surface area (Å²) in [5.41, 5.74) is 0.376. The lowest BCUT2D eigenvalue weighted by atomic mass is 9.81. The summed E-state index contributed by atoms with van der Waals surface area (Å²) < 4.78 is 5.91. The van der Waals surface area contributed by atoms with Crippen molar-refractivity contribution in [2.75, 3.05) is 0 Å². The molecule has 17 heavy (non-hydrogen) atoms. The standard InChI is InChI=1S/C14H22N2O/c1-14(2)7-3-4-11(14)12-8-16-13(17-12)9-15-10-5-6-10/h8,10-11,15H,3-7,9H2,1-2H3. The molecule has 0 spiro atoms. The highest BCUT2D eigenvalue weighted by atomic mass is 16.4. The third-order valence-corrected chi connectivity index (χ3v) is 4.29. The van der Waals surface area contributed by atoms with E-state index in [0.717, 1.165) is 18.2 Å². The van der Waals surface area contributed by atoms with Gasteiger partial charge in [-0.25, -0.2) is 4.98 Å². The maximum Gasteiger partial charge on any atom is 0.208 e. The average molecular weight is 234 g/mol. The largest absolute Gasteiger partial charge is 0.444 e. The van der Waals surface area contributed by atoms with Gasteiger partial charge in [0.15, 0.2) is 0 Å². The lowest BCUT2D eigenvalue weighted by Gasteiger charge is -2.24. The molecule has 94 valence electrons. The maximum absolute atomic E-state index is 5.91. The molecular formula is C14H22N2O. The second kappa shape index (κ2) is 4.13. The van der Waals surface area contributed by atoms with Crippen LogP contribution in [0, 0.1) is 5.41 Å². The summed E-state index contributed by atoms with van der Waals surface area (Å²) in [5, 5.41) is 3.44. The van der Waals surface area contributed by atoms with Crippen LogP contribution in [0.3, 0.4) is 0 Å². The number of nitrogens with one attached hydrogen (secondary N) is 1. The van der Waals surface area contributed by atoms with Crippen molar-refractivity contribution < 1.29 is 4.42 Å². The van der Waals surface area contributed by atoms with Gasteiger partial charge in [0.05, 0.1) is 12.7 Å². The summed E-state index contributed by atoms with van der Waals surface area (Å²) in [4.78, 5) is 4.40. The highest BCUT2D eigenvalue weighted by Gasteiger charge is 2.37. The van der Waals surface area contributed by atoms with E-state index >= 15 is 0 Å². The van der Waals surface area contributed by atoms with Crippen molar-refractivity contribution in [2.45, 2.75) is 64.5 Å². The van der Waals surface area contributed by atoms with Gasteiger partial charge >= 0.3 is 0 Å². The third kappa shape index (κ3) is 2.39. The topological polar surface area (TPSA) is 38.1 Å². The molecule has 2 aliphatic carbocycles. The first-order chi connectivity index (χ1) is 8.15. The molecule has 3 rings (SSSR count). The van der Waals surface area contributed by atoms with Gasteiger partial charge in [-0.2, -0.15) is 0 Å². The molecule has 0 bridgehead atoms. The number of rotatable bonds is 4. The zero-order valence-corrected chi connectivity index (χ0v) is 10.8. The molecule has 0 amide bonds. The molecule has 3 heteroatoms. The Morgan fingerprint density at radius 2 is 2.24 bits per heavy atom. The van der Waals surface area contributed by atoms with E-state index < -0.39 is 0 Å². The van der Waals surface area contributed by atoms with Gasteiger partial charge in [0.1, 0.15) is 5.76 Å². The lowest BCUT2D eigenvalue weighted by Crippen LogP contribution is -2.16. The molecule has 1 atom stereocenters. The van der Waals surface area contributed by atoms with Crippen molar-refractivity contribution in [2.24, 2.45) is 5.41 Å². The molecule has 1 unspecified atom stereocenters. The van der Waals surface area contributed by atoms with Crippen LogP contribution in [0.5, 0.6) is 0 Å². The van der Waals surface area contributed by atoms with E-state index in [1.165, 1.54) is 32.1 Å². The number of oxazole rings is 1. The highest BCUT2D eigenvalue weighted by molar-refractivity contribution is 5.09. The van der Waals surface area contributed by atoms with Gasteiger partial charge < -0.3 is 9.73 Å². The predicted molar refractivity (Wildman–Crippen MR) is 66.7 cm³/mol. The van der Waals surface area contributed by atoms with Gasteiger partial charge in [0.25, 0.3) is 0 Å². The van der Waals surface area contributed by atoms with E-state index in [9.17, 15) is 0 Å². The maximum atomic E-state index is 5.91. The van der Waals surface area contributed by atoms with E-state index in [2.05, 4.69) is 24.1 Å². The van der Waals surface area contributed by atoms with Crippen LogP contribution in [0.15, 0.2) is 10.6 Å². The predicted octanol–water partition coefficient (Wildman–Crippen LogP) is 3.22. The van der Waals surface area contributed by atoms with Crippen molar-refractivity contribution in [1.82, 2.24) is 10.3 Å². The van der Waals surface area contributed by atoms with Gasteiger partial charge in [-0.15, -0.1) is 0 Å². The normalized spacial score (nSPS) is 27.5. The Labute approximate surface area is 103 Å². The Balaban J connectivity index is 1.66. The van der Waals surface area contributed by atoms with Crippen LogP contribution in [0.25, 0.3) is 0 Å². The van der Waals surface area contributed by atoms with Gasteiger partial charge in [0, 0.05) is 12.0 Å². The number of aromatic nitrogens is 1. The summed E-state index contributed by atoms with van der Waals surface area (Å²) in [6.07, 6.45) is 8.42. The van der Waals surface area contributed by atoms with Crippen LogP contribution in [-0.4, -0.2) is 11.0 Å². The van der Waals surface area contributed by atoms with E-state index in [1.807, 2.05) is 6.20 Å². The Hall–Kier alpha value is -0.830. The molecule has 0 aromatic carbocycles. The average Bonchev–Trinajstić information content (AvgIpc) is 2.88. The molecule has 2 aliphatic rings. The number of hydrogen-bond donors (Lipinski definition) is 1. The first-order valence-electron chi connectivity index (χ1n) is 6.83. The monoisotopic (exact) mass is 234 g/mol. The van der Waals surface area contributed by atoms with Crippen LogP contribution >= 0.6 is 0 Å². The molecule has 0 aliphatic heterocycles. The molecule has 1 aromatic heterocycles. The molecule has 1 N–H and O–H groups in total. The van der Waals surface area contributed by atoms with Crippen LogP contribution in [-0.2, 0) is 6.54 Å². The molecule has 0 saturated heterocycles. The zero-order valence-electron chi connectivity index (χ0n) is 10.8. The van der Waals surface area contributed by atoms with Crippen LogP contribution in [0.4, 0.5) is 0 Å². The first kappa shape index (κ1) is 11.3. The first-order valence-corrected chi connectivity index (χ1v) is 6.83. The molecule has 1 heterocycles. The van der Waals surface area contributed by atoms with Crippen molar-refractivity contribution in [1.29, 1.82) is 0 Å². The minimum Gasteiger partial charge on any atom is -0.444 e. The van der Waals surface area contributed by atoms with E-state index in [0.29, 0.717) is 17.4 Å². The van der Waals surface area contributed by atoms with E-state index in [1.54, 1.807) is 0 Å². The van der Waals surface area contributed by atoms with Crippen molar-refractivity contribution >= 4 is 0 Å². The van der Waals surface area contributed by atoms with Crippen LogP contribution in [0.2, 0.25) is 0 Å². The molecule has 1 aromatic rings. The van der Waals surface area contributed by atoms with E-state index in [4.69, 9.17) is 4.42 Å². The second-order valence-corrected chi connectivity index (χ2v) is 6.24. The Morgan fingerprint density at radius 1 is 1.41 bits per heavy atom. The minimum absolute atomic E-state index is 0.376. The summed E-state index contributed by atoms with van der Waals surface area (Å²) >= 11 is 0. The number of hydrogen-bond acceptors (Lipinski definition) is 3. The van der Waals surface area contributed by atoms with E-state index in [-0.39, 0.29) is 0 Å². The summed E-state index contributed by atoms with van der Waals surface area (Å²) in [5.74, 6) is 2.51. The fourth-order valence-corrected chi connectivity index (χ4v) is 2.94. The SMILES string of the molecule is CC1(C)CCCC1c1cnc(CNC2CC2)o1. The van der Waals surface area contributed by atoms with Crippen LogP contribution < -0.4 is 5.32 Å². The smallest absolute Gasteiger partial charge is 0.208 e. The Morgan fingerprint density at radius 3 is 2.88 bits per heavy atom. The Bertz CT molecular complexity index is 393. The summed E-state index contributed by atoms with van der Waals surface area (Å²) in [6.45, 7) is 5.47. The second-order valence-electron chi connectivity index (χ2n) is 6.24. The lowest BCUT2D eigenvalue weighted by molar-refractivity contribution is 0.286. The van der Waals surface area contributed by atoms with Crippen molar-refractivity contribution in [3.05, 3.63) is 17.8 Å². The molecule has 3 nitrogen and oxygen atoms in total. The minimum atomic E-state index is 0.376. The summed E-state index contributed by atoms with van der Waals surface area (Å²) in [7, 11) is 0. The van der Waals surface area contributed by atoms with Crippen LogP contribution in [0.1, 0.15) is 63.5 Å². The fourth-order valence-electron chi connectivity index (χ4n) is 2.94. The molecule has 0 radical (unpaired) electrons.